The predicted octanol–water partition coefficient (Wildman–Crippen LogP) is 1.91. The van der Waals surface area contributed by atoms with E-state index in [2.05, 4.69) is 9.46 Å². The summed E-state index contributed by atoms with van der Waals surface area (Å²) in [6.45, 7) is 0.830. The van der Waals surface area contributed by atoms with Gasteiger partial charge in [0.1, 0.15) is 10.6 Å². The molecule has 1 aromatic rings. The third-order valence-corrected chi connectivity index (χ3v) is 6.04. The Morgan fingerprint density at radius 2 is 2.04 bits per heavy atom. The van der Waals surface area contributed by atoms with Gasteiger partial charge in [-0.2, -0.15) is 0 Å². The number of para-hydroxylation sites is 1. The molecule has 0 radical (unpaired) electrons. The number of rotatable bonds is 6. The average Bonchev–Trinajstić information content (AvgIpc) is 2.94. The molecule has 10 heteroatoms. The van der Waals surface area contributed by atoms with Crippen molar-refractivity contribution in [3.63, 3.8) is 0 Å². The normalized spacial score (nSPS) is 29.1. The first-order valence-corrected chi connectivity index (χ1v) is 9.19. The fourth-order valence-electron chi connectivity index (χ4n) is 3.52. The molecule has 6 nitrogen and oxygen atoms in total. The maximum atomic E-state index is 12.6. The lowest BCUT2D eigenvalue weighted by Crippen LogP contribution is -2.62. The van der Waals surface area contributed by atoms with Crippen LogP contribution in [0.4, 0.5) is 13.2 Å². The van der Waals surface area contributed by atoms with Gasteiger partial charge >= 0.3 is 6.36 Å². The Balaban J connectivity index is 1.83. The second-order valence-electron chi connectivity index (χ2n) is 6.05. The molecule has 2 fully saturated rings. The van der Waals surface area contributed by atoms with Crippen molar-refractivity contribution in [2.45, 2.75) is 29.8 Å². The van der Waals surface area contributed by atoms with E-state index in [-0.39, 0.29) is 17.9 Å². The Hall–Kier alpha value is -1.36. The van der Waals surface area contributed by atoms with E-state index in [0.717, 1.165) is 12.1 Å². The minimum atomic E-state index is -4.98. The number of alkyl halides is 3. The molecule has 1 aromatic carbocycles. The van der Waals surface area contributed by atoms with Crippen LogP contribution in [0.5, 0.6) is 5.75 Å². The second kappa shape index (κ2) is 6.75. The molecule has 2 aliphatic rings. The summed E-state index contributed by atoms with van der Waals surface area (Å²) in [6, 6.07) is 4.22. The topological polar surface area (TPSA) is 73.9 Å². The number of nitrogens with one attached hydrogen (secondary N) is 1. The first-order chi connectivity index (χ1) is 11.7. The van der Waals surface area contributed by atoms with Crippen molar-refractivity contribution in [1.82, 2.24) is 4.72 Å². The molecule has 1 saturated heterocycles. The van der Waals surface area contributed by atoms with Gasteiger partial charge in [-0.3, -0.25) is 0 Å². The second-order valence-corrected chi connectivity index (χ2v) is 7.73. The van der Waals surface area contributed by atoms with Gasteiger partial charge in [0, 0.05) is 31.6 Å². The lowest BCUT2D eigenvalue weighted by molar-refractivity contribution is -0.275. The van der Waals surface area contributed by atoms with Gasteiger partial charge < -0.3 is 14.2 Å². The molecule has 140 valence electrons. The van der Waals surface area contributed by atoms with E-state index < -0.39 is 33.1 Å². The molecule has 0 bridgehead atoms. The van der Waals surface area contributed by atoms with Crippen molar-refractivity contribution < 1.29 is 35.8 Å². The third-order valence-electron chi connectivity index (χ3n) is 4.54. The van der Waals surface area contributed by atoms with Gasteiger partial charge in [0.2, 0.25) is 10.0 Å². The van der Waals surface area contributed by atoms with Gasteiger partial charge in [0.25, 0.3) is 0 Å². The number of sulfonamides is 1. The van der Waals surface area contributed by atoms with Crippen LogP contribution in [0.25, 0.3) is 0 Å². The number of ether oxygens (including phenoxy) is 3. The van der Waals surface area contributed by atoms with E-state index in [0.29, 0.717) is 19.6 Å². The molecule has 25 heavy (non-hydrogen) atoms. The van der Waals surface area contributed by atoms with Crippen LogP contribution in [0.3, 0.4) is 0 Å². The van der Waals surface area contributed by atoms with Crippen molar-refractivity contribution in [2.24, 2.45) is 11.8 Å². The molecule has 1 aliphatic carbocycles. The minimum absolute atomic E-state index is 0.00868. The van der Waals surface area contributed by atoms with Crippen LogP contribution in [-0.2, 0) is 19.5 Å². The molecular formula is C15H18F3NO5S. The zero-order valence-corrected chi connectivity index (χ0v) is 14.1. The van der Waals surface area contributed by atoms with Gasteiger partial charge in [-0.05, 0) is 18.6 Å². The summed E-state index contributed by atoms with van der Waals surface area (Å²) >= 11 is 0. The zero-order valence-electron chi connectivity index (χ0n) is 13.3. The highest BCUT2D eigenvalue weighted by Gasteiger charge is 2.55. The summed E-state index contributed by atoms with van der Waals surface area (Å²) < 4.78 is 79.9. The molecule has 1 saturated carbocycles. The van der Waals surface area contributed by atoms with Crippen LogP contribution in [0.2, 0.25) is 0 Å². The van der Waals surface area contributed by atoms with E-state index in [1.807, 2.05) is 0 Å². The highest BCUT2D eigenvalue weighted by atomic mass is 32.2. The SMILES string of the molecule is COC[C@@H]1[C@H](NS(=O)(=O)c2ccccc2OC(F)(F)F)[C@@H]2CCO[C@H]12. The minimum Gasteiger partial charge on any atom is -0.404 e. The van der Waals surface area contributed by atoms with E-state index in [4.69, 9.17) is 9.47 Å². The Bertz CT molecular complexity index is 724. The van der Waals surface area contributed by atoms with Crippen LogP contribution in [-0.4, -0.2) is 47.2 Å². The van der Waals surface area contributed by atoms with Crippen LogP contribution in [0.1, 0.15) is 6.42 Å². The van der Waals surface area contributed by atoms with Crippen molar-refractivity contribution in [3.05, 3.63) is 24.3 Å². The molecule has 0 aromatic heterocycles. The third kappa shape index (κ3) is 3.76. The van der Waals surface area contributed by atoms with Crippen LogP contribution >= 0.6 is 0 Å². The van der Waals surface area contributed by atoms with Crippen LogP contribution in [0.15, 0.2) is 29.2 Å². The molecule has 0 spiro atoms. The molecule has 1 aliphatic heterocycles. The van der Waals surface area contributed by atoms with Gasteiger partial charge in [-0.25, -0.2) is 13.1 Å². The molecular weight excluding hydrogens is 363 g/mol. The zero-order chi connectivity index (χ0) is 18.2. The van der Waals surface area contributed by atoms with Gasteiger partial charge in [-0.1, -0.05) is 12.1 Å². The maximum absolute atomic E-state index is 12.6. The summed E-state index contributed by atoms with van der Waals surface area (Å²) in [4.78, 5) is -0.550. The number of fused-ring (bicyclic) bond motifs is 1. The number of hydrogen-bond acceptors (Lipinski definition) is 5. The molecule has 0 unspecified atom stereocenters. The maximum Gasteiger partial charge on any atom is 0.573 e. The van der Waals surface area contributed by atoms with E-state index in [1.165, 1.54) is 19.2 Å². The van der Waals surface area contributed by atoms with E-state index >= 15 is 0 Å². The lowest BCUT2D eigenvalue weighted by Gasteiger charge is -2.47. The average molecular weight is 381 g/mol. The first-order valence-electron chi connectivity index (χ1n) is 7.70. The number of benzene rings is 1. The smallest absolute Gasteiger partial charge is 0.404 e. The van der Waals surface area contributed by atoms with Gasteiger partial charge in [-0.15, -0.1) is 13.2 Å². The predicted molar refractivity (Wildman–Crippen MR) is 80.4 cm³/mol. The van der Waals surface area contributed by atoms with Crippen LogP contribution in [0, 0.1) is 11.8 Å². The summed E-state index contributed by atoms with van der Waals surface area (Å²) in [5, 5.41) is 0. The number of hydrogen-bond donors (Lipinski definition) is 1. The van der Waals surface area contributed by atoms with E-state index in [9.17, 15) is 21.6 Å². The van der Waals surface area contributed by atoms with Gasteiger partial charge in [0.15, 0.2) is 0 Å². The Morgan fingerprint density at radius 3 is 2.72 bits per heavy atom. The summed E-state index contributed by atoms with van der Waals surface area (Å²) in [7, 11) is -2.70. The standard InChI is InChI=1S/C15H18F3NO5S/c1-22-8-10-13(9-6-7-23-14(9)10)19-25(20,21)12-5-3-2-4-11(12)24-15(16,17)18/h2-5,9-10,13-14,19H,6-8H2,1H3/t9-,10+,13+,14-/m0/s1. The van der Waals surface area contributed by atoms with Crippen molar-refractivity contribution in [3.8, 4) is 5.75 Å². The fourth-order valence-corrected chi connectivity index (χ4v) is 4.99. The highest BCUT2D eigenvalue weighted by Crippen LogP contribution is 2.44. The first kappa shape index (κ1) is 18.4. The Kier molecular flexibility index (Phi) is 4.97. The quantitative estimate of drug-likeness (QED) is 0.815. The molecule has 3 rings (SSSR count). The summed E-state index contributed by atoms with van der Waals surface area (Å²) in [6.07, 6.45) is -4.38. The molecule has 4 atom stereocenters. The summed E-state index contributed by atoms with van der Waals surface area (Å²) in [5.41, 5.74) is 0. The van der Waals surface area contributed by atoms with E-state index in [1.54, 1.807) is 0 Å². The number of methoxy groups -OCH3 is 1. The largest absolute Gasteiger partial charge is 0.573 e. The lowest BCUT2D eigenvalue weighted by atomic mass is 9.68. The number of halogens is 3. The Labute approximate surface area is 143 Å². The summed E-state index contributed by atoms with van der Waals surface area (Å²) in [5.74, 6) is -0.946. The van der Waals surface area contributed by atoms with Gasteiger partial charge in [0.05, 0.1) is 12.7 Å². The highest BCUT2D eigenvalue weighted by molar-refractivity contribution is 7.89. The van der Waals surface area contributed by atoms with Crippen LogP contribution < -0.4 is 9.46 Å². The molecule has 0 amide bonds. The van der Waals surface area contributed by atoms with Crippen molar-refractivity contribution in [2.75, 3.05) is 20.3 Å². The fraction of sp³-hybridized carbons (Fsp3) is 0.600. The van der Waals surface area contributed by atoms with Crippen molar-refractivity contribution >= 4 is 10.0 Å². The monoisotopic (exact) mass is 381 g/mol. The molecule has 1 N–H and O–H groups in total. The van der Waals surface area contributed by atoms with Crippen molar-refractivity contribution in [1.29, 1.82) is 0 Å². The Morgan fingerprint density at radius 1 is 1.32 bits per heavy atom. The molecule has 1 heterocycles.